The Labute approximate surface area is 177 Å². The quantitative estimate of drug-likeness (QED) is 0.728. The molecule has 2 heterocycles. The number of nitrogens with zero attached hydrogens (tertiary/aromatic N) is 2. The van der Waals surface area contributed by atoms with Crippen molar-refractivity contribution in [1.82, 2.24) is 15.5 Å². The Hall–Kier alpha value is -2.83. The summed E-state index contributed by atoms with van der Waals surface area (Å²) in [5.74, 6) is -0.00530. The molecule has 7 nitrogen and oxygen atoms in total. The highest BCUT2D eigenvalue weighted by Gasteiger charge is 2.33. The number of benzene rings is 1. The van der Waals surface area contributed by atoms with Gasteiger partial charge in [-0.1, -0.05) is 26.3 Å². The molecule has 0 saturated carbocycles. The maximum Gasteiger partial charge on any atom is 0.414 e. The lowest BCUT2D eigenvalue weighted by molar-refractivity contribution is -0.121. The average molecular weight is 411 g/mol. The summed E-state index contributed by atoms with van der Waals surface area (Å²) in [6, 6.07) is 6.15. The van der Waals surface area contributed by atoms with Gasteiger partial charge in [0.15, 0.2) is 0 Å². The van der Waals surface area contributed by atoms with Crippen LogP contribution in [0, 0.1) is 0 Å². The molecule has 1 saturated heterocycles. The fraction of sp³-hybridized carbons (Fsp3) is 0.522. The second-order valence-corrected chi connectivity index (χ2v) is 8.14. The molecule has 2 aromatic rings. The molecule has 1 aliphatic carbocycles. The molecule has 0 spiro atoms. The van der Waals surface area contributed by atoms with E-state index in [0.29, 0.717) is 19.5 Å². The number of ether oxygens (including phenoxy) is 1. The van der Waals surface area contributed by atoms with Crippen LogP contribution in [0.3, 0.4) is 0 Å². The Morgan fingerprint density at radius 3 is 2.97 bits per heavy atom. The minimum absolute atomic E-state index is 0.00530. The van der Waals surface area contributed by atoms with Crippen molar-refractivity contribution in [2.75, 3.05) is 18.0 Å². The van der Waals surface area contributed by atoms with Crippen LogP contribution in [0.1, 0.15) is 56.4 Å². The van der Waals surface area contributed by atoms with Gasteiger partial charge in [0, 0.05) is 28.9 Å². The number of carbonyl (C=O) groups excluding carboxylic acids is 2. The van der Waals surface area contributed by atoms with Crippen LogP contribution in [0.25, 0.3) is 11.3 Å². The van der Waals surface area contributed by atoms with Gasteiger partial charge in [0.25, 0.3) is 0 Å². The molecule has 160 valence electrons. The SMILES string of the molecule is CCCC(=O)NC[C@H]1CN(c2ccc3c(c2)CCCc2c-3n[nH]c2CCC)C(=O)O1. The first-order valence-corrected chi connectivity index (χ1v) is 11.0. The molecule has 1 aromatic carbocycles. The Morgan fingerprint density at radius 2 is 2.17 bits per heavy atom. The van der Waals surface area contributed by atoms with Crippen LogP contribution in [0.5, 0.6) is 0 Å². The molecule has 2 aliphatic rings. The summed E-state index contributed by atoms with van der Waals surface area (Å²) in [6.07, 6.45) is 5.77. The molecular weight excluding hydrogens is 380 g/mol. The number of hydrogen-bond acceptors (Lipinski definition) is 4. The second-order valence-electron chi connectivity index (χ2n) is 8.14. The van der Waals surface area contributed by atoms with Crippen LogP contribution in [-0.2, 0) is 28.8 Å². The molecule has 1 atom stereocenters. The predicted octanol–water partition coefficient (Wildman–Crippen LogP) is 3.76. The molecular formula is C23H30N4O3. The van der Waals surface area contributed by atoms with Crippen LogP contribution in [-0.4, -0.2) is 41.4 Å². The molecule has 2 N–H and O–H groups in total. The summed E-state index contributed by atoms with van der Waals surface area (Å²) in [5.41, 5.74) is 6.85. The average Bonchev–Trinajstić information content (AvgIpc) is 3.25. The molecule has 0 unspecified atom stereocenters. The summed E-state index contributed by atoms with van der Waals surface area (Å²) in [7, 11) is 0. The highest BCUT2D eigenvalue weighted by Crippen LogP contribution is 2.35. The van der Waals surface area contributed by atoms with E-state index in [1.807, 2.05) is 13.0 Å². The largest absolute Gasteiger partial charge is 0.442 e. The highest BCUT2D eigenvalue weighted by atomic mass is 16.6. The van der Waals surface area contributed by atoms with Crippen LogP contribution in [0.4, 0.5) is 10.5 Å². The standard InChI is InChI=1S/C23H30N4O3/c1-3-6-20-19-9-5-8-15-12-16(10-11-18(15)22(19)26-25-20)27-14-17(30-23(27)29)13-24-21(28)7-4-2/h10-12,17H,3-9,13-14H2,1-2H3,(H,24,28)(H,25,26)/t17-/m0/s1. The molecule has 0 bridgehead atoms. The van der Waals surface area contributed by atoms with Gasteiger partial charge in [-0.25, -0.2) is 4.79 Å². The van der Waals surface area contributed by atoms with Gasteiger partial charge in [-0.05, 0) is 49.8 Å². The van der Waals surface area contributed by atoms with Crippen molar-refractivity contribution >= 4 is 17.7 Å². The van der Waals surface area contributed by atoms with Gasteiger partial charge in [-0.15, -0.1) is 0 Å². The monoisotopic (exact) mass is 410 g/mol. The van der Waals surface area contributed by atoms with E-state index < -0.39 is 0 Å². The summed E-state index contributed by atoms with van der Waals surface area (Å²) in [4.78, 5) is 25.8. The molecule has 2 amide bonds. The zero-order valence-corrected chi connectivity index (χ0v) is 17.8. The van der Waals surface area contributed by atoms with E-state index in [2.05, 4.69) is 34.6 Å². The minimum atomic E-state index is -0.357. The number of aryl methyl sites for hydroxylation is 2. The summed E-state index contributed by atoms with van der Waals surface area (Å²) >= 11 is 0. The maximum atomic E-state index is 12.4. The van der Waals surface area contributed by atoms with E-state index in [4.69, 9.17) is 4.74 Å². The zero-order chi connectivity index (χ0) is 21.1. The lowest BCUT2D eigenvalue weighted by Crippen LogP contribution is -2.34. The lowest BCUT2D eigenvalue weighted by Gasteiger charge is -2.16. The zero-order valence-electron chi connectivity index (χ0n) is 17.8. The predicted molar refractivity (Wildman–Crippen MR) is 116 cm³/mol. The molecule has 30 heavy (non-hydrogen) atoms. The van der Waals surface area contributed by atoms with Crippen LogP contribution in [0.2, 0.25) is 0 Å². The Balaban J connectivity index is 1.51. The number of carbonyl (C=O) groups is 2. The number of amides is 2. The van der Waals surface area contributed by atoms with Crippen LogP contribution < -0.4 is 10.2 Å². The molecule has 0 radical (unpaired) electrons. The second kappa shape index (κ2) is 8.90. The Bertz CT molecular complexity index is 937. The fourth-order valence-electron chi connectivity index (χ4n) is 4.37. The minimum Gasteiger partial charge on any atom is -0.442 e. The molecule has 1 fully saturated rings. The van der Waals surface area contributed by atoms with E-state index in [9.17, 15) is 9.59 Å². The molecule has 1 aliphatic heterocycles. The van der Waals surface area contributed by atoms with Crippen molar-refractivity contribution in [2.45, 2.75) is 64.9 Å². The van der Waals surface area contributed by atoms with Gasteiger partial charge in [-0.3, -0.25) is 14.8 Å². The summed E-state index contributed by atoms with van der Waals surface area (Å²) in [5, 5.41) is 10.7. The van der Waals surface area contributed by atoms with Gasteiger partial charge >= 0.3 is 6.09 Å². The third kappa shape index (κ3) is 4.06. The number of anilines is 1. The van der Waals surface area contributed by atoms with Crippen molar-refractivity contribution in [3.05, 3.63) is 35.0 Å². The van der Waals surface area contributed by atoms with E-state index in [-0.39, 0.29) is 18.1 Å². The molecule has 7 heteroatoms. The van der Waals surface area contributed by atoms with Gasteiger partial charge in [0.05, 0.1) is 18.8 Å². The number of H-pyrrole nitrogens is 1. The number of aromatic nitrogens is 2. The van der Waals surface area contributed by atoms with Crippen molar-refractivity contribution < 1.29 is 14.3 Å². The third-order valence-electron chi connectivity index (χ3n) is 5.86. The van der Waals surface area contributed by atoms with E-state index in [1.54, 1.807) is 4.90 Å². The van der Waals surface area contributed by atoms with E-state index in [1.165, 1.54) is 16.8 Å². The van der Waals surface area contributed by atoms with Crippen LogP contribution >= 0.6 is 0 Å². The van der Waals surface area contributed by atoms with Gasteiger partial charge < -0.3 is 10.1 Å². The number of nitrogens with one attached hydrogen (secondary N) is 2. The molecule has 1 aromatic heterocycles. The van der Waals surface area contributed by atoms with Crippen molar-refractivity contribution in [1.29, 1.82) is 0 Å². The first-order chi connectivity index (χ1) is 14.6. The Kier molecular flexibility index (Phi) is 6.06. The summed E-state index contributed by atoms with van der Waals surface area (Å²) < 4.78 is 5.47. The normalized spacial score (nSPS) is 17.9. The van der Waals surface area contributed by atoms with Crippen molar-refractivity contribution in [3.63, 3.8) is 0 Å². The smallest absolute Gasteiger partial charge is 0.414 e. The van der Waals surface area contributed by atoms with Gasteiger partial charge in [0.2, 0.25) is 5.91 Å². The topological polar surface area (TPSA) is 87.3 Å². The Morgan fingerprint density at radius 1 is 1.30 bits per heavy atom. The lowest BCUT2D eigenvalue weighted by atomic mass is 10.00. The molecule has 4 rings (SSSR count). The van der Waals surface area contributed by atoms with Gasteiger partial charge in [-0.2, -0.15) is 5.10 Å². The van der Waals surface area contributed by atoms with E-state index in [0.717, 1.165) is 55.5 Å². The maximum absolute atomic E-state index is 12.4. The number of fused-ring (bicyclic) bond motifs is 3. The first-order valence-electron chi connectivity index (χ1n) is 11.0. The fourth-order valence-corrected chi connectivity index (χ4v) is 4.37. The third-order valence-corrected chi connectivity index (χ3v) is 5.86. The van der Waals surface area contributed by atoms with Gasteiger partial charge in [0.1, 0.15) is 6.10 Å². The number of rotatable bonds is 7. The van der Waals surface area contributed by atoms with Crippen molar-refractivity contribution in [2.24, 2.45) is 0 Å². The number of hydrogen-bond donors (Lipinski definition) is 2. The number of cyclic esters (lactones) is 1. The number of aromatic amines is 1. The first kappa shape index (κ1) is 20.4. The van der Waals surface area contributed by atoms with Crippen molar-refractivity contribution in [3.8, 4) is 11.3 Å². The summed E-state index contributed by atoms with van der Waals surface area (Å²) in [6.45, 7) is 4.94. The highest BCUT2D eigenvalue weighted by molar-refractivity contribution is 5.90. The van der Waals surface area contributed by atoms with Crippen LogP contribution in [0.15, 0.2) is 18.2 Å². The van der Waals surface area contributed by atoms with E-state index >= 15 is 0 Å².